The summed E-state index contributed by atoms with van der Waals surface area (Å²) >= 11 is 18.9. The molecule has 1 aliphatic heterocycles. The van der Waals surface area contributed by atoms with Crippen LogP contribution in [0.25, 0.3) is 6.08 Å². The number of carbonyl (C=O) groups excluding carboxylic acids is 2. The third kappa shape index (κ3) is 5.47. The van der Waals surface area contributed by atoms with Crippen LogP contribution < -0.4 is 15.1 Å². The Labute approximate surface area is 216 Å². The molecule has 1 N–H and O–H groups in total. The molecule has 6 nitrogen and oxygen atoms in total. The number of carbonyl (C=O) groups is 2. The molecule has 0 saturated carbocycles. The van der Waals surface area contributed by atoms with Gasteiger partial charge in [0.2, 0.25) is 0 Å². The zero-order valence-corrected chi connectivity index (χ0v) is 21.3. The average molecular weight is 531 g/mol. The number of amides is 2. The Morgan fingerprint density at radius 1 is 1.12 bits per heavy atom. The minimum atomic E-state index is -0.581. The molecule has 2 aromatic carbocycles. The fourth-order valence-electron chi connectivity index (χ4n) is 3.43. The van der Waals surface area contributed by atoms with Gasteiger partial charge in [-0.3, -0.25) is 19.8 Å². The number of rotatable bonds is 7. The number of nitrogens with zero attached hydrogens (tertiary/aromatic N) is 3. The van der Waals surface area contributed by atoms with E-state index in [2.05, 4.69) is 22.4 Å². The summed E-state index contributed by atoms with van der Waals surface area (Å²) in [6.45, 7) is 0.785. The molecular formula is C24H20Cl2N4O2S2. The highest BCUT2D eigenvalue weighted by Crippen LogP contribution is 2.32. The van der Waals surface area contributed by atoms with E-state index in [1.807, 2.05) is 30.1 Å². The molecule has 0 bridgehead atoms. The predicted octanol–water partition coefficient (Wildman–Crippen LogP) is 5.35. The van der Waals surface area contributed by atoms with Gasteiger partial charge in [0, 0.05) is 18.6 Å². The first-order chi connectivity index (χ1) is 16.3. The average Bonchev–Trinajstić information content (AvgIpc) is 3.19. The standard InChI is InChI=1S/C24H20Cl2N4O2S2/c1-29(13-5-8-15-6-3-2-4-7-15)24-27-20(26)19(34-24)14-18-21(31)28-23(33)30(22(18)32)17-11-9-16(25)10-12-17/h2-4,6-7,9-12,14H,5,8,13H2,1H3,(H,28,31,33)/b18-14+. The molecule has 0 aliphatic carbocycles. The van der Waals surface area contributed by atoms with E-state index in [0.717, 1.165) is 19.4 Å². The van der Waals surface area contributed by atoms with Crippen LogP contribution in [0.3, 0.4) is 0 Å². The van der Waals surface area contributed by atoms with Crippen LogP contribution in [0.4, 0.5) is 10.8 Å². The fraction of sp³-hybridized carbons (Fsp3) is 0.167. The molecule has 1 aliphatic rings. The highest BCUT2D eigenvalue weighted by molar-refractivity contribution is 7.80. The lowest BCUT2D eigenvalue weighted by atomic mass is 10.1. The first-order valence-electron chi connectivity index (χ1n) is 10.4. The molecule has 1 saturated heterocycles. The molecule has 174 valence electrons. The summed E-state index contributed by atoms with van der Waals surface area (Å²) in [6, 6.07) is 16.9. The number of anilines is 2. The van der Waals surface area contributed by atoms with Gasteiger partial charge in [0.05, 0.1) is 10.6 Å². The molecule has 0 atom stereocenters. The van der Waals surface area contributed by atoms with Crippen LogP contribution in [0, 0.1) is 0 Å². The molecule has 34 heavy (non-hydrogen) atoms. The van der Waals surface area contributed by atoms with E-state index in [0.29, 0.717) is 20.7 Å². The zero-order chi connectivity index (χ0) is 24.2. The third-order valence-electron chi connectivity index (χ3n) is 5.19. The van der Waals surface area contributed by atoms with Gasteiger partial charge in [-0.25, -0.2) is 4.98 Å². The molecular weight excluding hydrogens is 511 g/mol. The minimum absolute atomic E-state index is 0.00344. The van der Waals surface area contributed by atoms with Gasteiger partial charge in [0.15, 0.2) is 10.2 Å². The van der Waals surface area contributed by atoms with Crippen molar-refractivity contribution < 1.29 is 9.59 Å². The molecule has 1 aromatic heterocycles. The highest BCUT2D eigenvalue weighted by atomic mass is 35.5. The van der Waals surface area contributed by atoms with Gasteiger partial charge in [-0.15, -0.1) is 0 Å². The van der Waals surface area contributed by atoms with Gasteiger partial charge in [-0.2, -0.15) is 0 Å². The van der Waals surface area contributed by atoms with Crippen molar-refractivity contribution in [1.29, 1.82) is 0 Å². The summed E-state index contributed by atoms with van der Waals surface area (Å²) in [5, 5.41) is 4.03. The maximum atomic E-state index is 13.2. The van der Waals surface area contributed by atoms with E-state index in [4.69, 9.17) is 35.4 Å². The van der Waals surface area contributed by atoms with E-state index in [-0.39, 0.29) is 15.8 Å². The Kier molecular flexibility index (Phi) is 7.63. The minimum Gasteiger partial charge on any atom is -0.351 e. The van der Waals surface area contributed by atoms with E-state index >= 15 is 0 Å². The largest absolute Gasteiger partial charge is 0.351 e. The van der Waals surface area contributed by atoms with Crippen molar-refractivity contribution in [3.05, 3.63) is 80.8 Å². The summed E-state index contributed by atoms with van der Waals surface area (Å²) in [5.41, 5.74) is 1.70. The first-order valence-corrected chi connectivity index (χ1v) is 12.4. The number of aryl methyl sites for hydroxylation is 1. The molecule has 4 rings (SSSR count). The number of aromatic nitrogens is 1. The third-order valence-corrected chi connectivity index (χ3v) is 7.24. The number of hydrogen-bond acceptors (Lipinski definition) is 6. The summed E-state index contributed by atoms with van der Waals surface area (Å²) in [5.74, 6) is -1.12. The van der Waals surface area contributed by atoms with Crippen LogP contribution in [0.2, 0.25) is 10.2 Å². The summed E-state index contributed by atoms with van der Waals surface area (Å²) in [4.78, 5) is 34.0. The molecule has 10 heteroatoms. The predicted molar refractivity (Wildman–Crippen MR) is 143 cm³/mol. The Hall–Kier alpha value is -2.78. The Morgan fingerprint density at radius 3 is 2.53 bits per heavy atom. The van der Waals surface area contributed by atoms with Crippen LogP contribution in [-0.4, -0.2) is 35.5 Å². The Bertz CT molecular complexity index is 1260. The van der Waals surface area contributed by atoms with Crippen LogP contribution in [0.1, 0.15) is 16.9 Å². The van der Waals surface area contributed by atoms with Crippen molar-refractivity contribution in [2.75, 3.05) is 23.4 Å². The molecule has 0 radical (unpaired) electrons. The van der Waals surface area contributed by atoms with Gasteiger partial charge < -0.3 is 4.90 Å². The molecule has 0 unspecified atom stereocenters. The Morgan fingerprint density at radius 2 is 1.82 bits per heavy atom. The number of hydrogen-bond donors (Lipinski definition) is 1. The zero-order valence-electron chi connectivity index (χ0n) is 18.1. The molecule has 2 heterocycles. The van der Waals surface area contributed by atoms with E-state index in [1.165, 1.54) is 27.9 Å². The quantitative estimate of drug-likeness (QED) is 0.253. The topological polar surface area (TPSA) is 65.5 Å². The second-order valence-corrected chi connectivity index (χ2v) is 9.79. The summed E-state index contributed by atoms with van der Waals surface area (Å²) < 4.78 is 0. The van der Waals surface area contributed by atoms with Gasteiger partial charge in [0.1, 0.15) is 10.7 Å². The maximum Gasteiger partial charge on any atom is 0.270 e. The fourth-order valence-corrected chi connectivity index (χ4v) is 5.02. The number of thiazole rings is 1. The lowest BCUT2D eigenvalue weighted by Gasteiger charge is -2.28. The second kappa shape index (κ2) is 10.7. The number of thiocarbonyl (C=S) groups is 1. The molecule has 3 aromatic rings. The smallest absolute Gasteiger partial charge is 0.270 e. The van der Waals surface area contributed by atoms with Gasteiger partial charge in [-0.05, 0) is 61.0 Å². The van der Waals surface area contributed by atoms with Crippen LogP contribution in [0.15, 0.2) is 60.2 Å². The maximum absolute atomic E-state index is 13.2. The SMILES string of the molecule is CN(CCCc1ccccc1)c1nc(Cl)c(/C=C2\C(=O)NC(=S)N(c3ccc(Cl)cc3)C2=O)s1. The van der Waals surface area contributed by atoms with Gasteiger partial charge in [-0.1, -0.05) is 64.9 Å². The van der Waals surface area contributed by atoms with E-state index in [9.17, 15) is 9.59 Å². The van der Waals surface area contributed by atoms with Crippen molar-refractivity contribution in [2.45, 2.75) is 12.8 Å². The van der Waals surface area contributed by atoms with Gasteiger partial charge in [0.25, 0.3) is 11.8 Å². The number of nitrogens with one attached hydrogen (secondary N) is 1. The Balaban J connectivity index is 1.51. The van der Waals surface area contributed by atoms with Gasteiger partial charge >= 0.3 is 0 Å². The van der Waals surface area contributed by atoms with Crippen molar-refractivity contribution >= 4 is 80.6 Å². The van der Waals surface area contributed by atoms with Crippen molar-refractivity contribution in [3.63, 3.8) is 0 Å². The molecule has 1 fully saturated rings. The first kappa shape index (κ1) is 24.3. The monoisotopic (exact) mass is 530 g/mol. The van der Waals surface area contributed by atoms with Crippen LogP contribution >= 0.6 is 46.8 Å². The lowest BCUT2D eigenvalue weighted by Crippen LogP contribution is -2.54. The van der Waals surface area contributed by atoms with Crippen molar-refractivity contribution in [1.82, 2.24) is 10.3 Å². The van der Waals surface area contributed by atoms with Crippen LogP contribution in [-0.2, 0) is 16.0 Å². The molecule has 2 amide bonds. The number of benzene rings is 2. The second-order valence-electron chi connectivity index (χ2n) is 7.60. The summed E-state index contributed by atoms with van der Waals surface area (Å²) in [6.07, 6.45) is 3.36. The van der Waals surface area contributed by atoms with E-state index < -0.39 is 11.8 Å². The summed E-state index contributed by atoms with van der Waals surface area (Å²) in [7, 11) is 1.94. The highest BCUT2D eigenvalue weighted by Gasteiger charge is 2.35. The number of halogens is 2. The van der Waals surface area contributed by atoms with E-state index in [1.54, 1.807) is 24.3 Å². The molecule has 0 spiro atoms. The van der Waals surface area contributed by atoms with Crippen LogP contribution in [0.5, 0.6) is 0 Å². The van der Waals surface area contributed by atoms with Crippen molar-refractivity contribution in [2.24, 2.45) is 0 Å². The van der Waals surface area contributed by atoms with Crippen molar-refractivity contribution in [3.8, 4) is 0 Å². The normalized spacial score (nSPS) is 15.1. The lowest BCUT2D eigenvalue weighted by molar-refractivity contribution is -0.122.